The molecule has 3 aromatic rings. The van der Waals surface area contributed by atoms with Gasteiger partial charge in [-0.2, -0.15) is 0 Å². The standard InChI is InChI=1S/C22H29N3O2S/c1-3-5-12-27-13-6-11-23-21(26)14-19-16-28-22-24-20(15-25(19)22)18-9-7-17(4-2)8-10-18/h7-10,15-16H,3-6,11-14H2,1-2H3,(H,23,26). The molecule has 1 aromatic carbocycles. The summed E-state index contributed by atoms with van der Waals surface area (Å²) in [4.78, 5) is 17.9. The molecule has 3 rings (SSSR count). The average Bonchev–Trinajstić information content (AvgIpc) is 3.29. The number of thiazole rings is 1. The highest BCUT2D eigenvalue weighted by atomic mass is 32.1. The highest BCUT2D eigenvalue weighted by Gasteiger charge is 2.12. The zero-order valence-electron chi connectivity index (χ0n) is 16.7. The molecular formula is C22H29N3O2S. The summed E-state index contributed by atoms with van der Waals surface area (Å²) in [6, 6.07) is 8.51. The van der Waals surface area contributed by atoms with Crippen LogP contribution in [0.15, 0.2) is 35.8 Å². The van der Waals surface area contributed by atoms with Gasteiger partial charge in [0.05, 0.1) is 12.1 Å². The number of rotatable bonds is 11. The van der Waals surface area contributed by atoms with E-state index >= 15 is 0 Å². The molecule has 0 fully saturated rings. The van der Waals surface area contributed by atoms with E-state index in [0.29, 0.717) is 19.6 Å². The summed E-state index contributed by atoms with van der Waals surface area (Å²) in [6.07, 6.45) is 6.50. The summed E-state index contributed by atoms with van der Waals surface area (Å²) in [5, 5.41) is 4.99. The number of nitrogens with zero attached hydrogens (tertiary/aromatic N) is 2. The lowest BCUT2D eigenvalue weighted by molar-refractivity contribution is -0.120. The van der Waals surface area contributed by atoms with Crippen LogP contribution in [0.5, 0.6) is 0 Å². The Bertz CT molecular complexity index is 883. The maximum Gasteiger partial charge on any atom is 0.225 e. The molecule has 0 radical (unpaired) electrons. The van der Waals surface area contributed by atoms with E-state index in [9.17, 15) is 4.79 Å². The number of nitrogens with one attached hydrogen (secondary N) is 1. The number of hydrogen-bond acceptors (Lipinski definition) is 4. The Balaban J connectivity index is 1.53. The highest BCUT2D eigenvalue weighted by Crippen LogP contribution is 2.24. The first-order chi connectivity index (χ1) is 13.7. The summed E-state index contributed by atoms with van der Waals surface area (Å²) < 4.78 is 7.55. The third-order valence-electron chi connectivity index (χ3n) is 4.71. The van der Waals surface area contributed by atoms with Crippen molar-refractivity contribution in [2.75, 3.05) is 19.8 Å². The smallest absolute Gasteiger partial charge is 0.225 e. The molecule has 0 aliphatic carbocycles. The number of ether oxygens (including phenoxy) is 1. The van der Waals surface area contributed by atoms with Crippen LogP contribution in [0.4, 0.5) is 0 Å². The highest BCUT2D eigenvalue weighted by molar-refractivity contribution is 7.15. The van der Waals surface area contributed by atoms with Gasteiger partial charge in [0.15, 0.2) is 4.96 Å². The van der Waals surface area contributed by atoms with Crippen molar-refractivity contribution in [2.24, 2.45) is 0 Å². The molecule has 0 saturated heterocycles. The summed E-state index contributed by atoms with van der Waals surface area (Å²) in [5.41, 5.74) is 4.34. The third kappa shape index (κ3) is 5.42. The number of aromatic nitrogens is 2. The Morgan fingerprint density at radius 3 is 2.71 bits per heavy atom. The normalized spacial score (nSPS) is 11.2. The fraction of sp³-hybridized carbons (Fsp3) is 0.455. The quantitative estimate of drug-likeness (QED) is 0.483. The molecular weight excluding hydrogens is 370 g/mol. The van der Waals surface area contributed by atoms with E-state index in [1.54, 1.807) is 11.3 Å². The Morgan fingerprint density at radius 1 is 1.18 bits per heavy atom. The zero-order chi connectivity index (χ0) is 19.8. The Hall–Kier alpha value is -2.18. The number of unbranched alkanes of at least 4 members (excludes halogenated alkanes) is 1. The number of imidazole rings is 1. The fourth-order valence-corrected chi connectivity index (χ4v) is 3.86. The molecule has 2 heterocycles. The molecule has 1 N–H and O–H groups in total. The fourth-order valence-electron chi connectivity index (χ4n) is 2.98. The van der Waals surface area contributed by atoms with Crippen molar-refractivity contribution in [3.8, 4) is 11.3 Å². The molecule has 0 aliphatic heterocycles. The maximum absolute atomic E-state index is 12.3. The van der Waals surface area contributed by atoms with Gasteiger partial charge in [-0.1, -0.05) is 44.5 Å². The lowest BCUT2D eigenvalue weighted by Crippen LogP contribution is -2.27. The van der Waals surface area contributed by atoms with Crippen LogP contribution < -0.4 is 5.32 Å². The number of amides is 1. The Morgan fingerprint density at radius 2 is 1.96 bits per heavy atom. The van der Waals surface area contributed by atoms with Gasteiger partial charge in [0.2, 0.25) is 5.91 Å². The first kappa shape index (κ1) is 20.6. The van der Waals surface area contributed by atoms with Crippen molar-refractivity contribution < 1.29 is 9.53 Å². The third-order valence-corrected chi connectivity index (χ3v) is 5.60. The second-order valence-corrected chi connectivity index (χ2v) is 7.74. The summed E-state index contributed by atoms with van der Waals surface area (Å²) in [6.45, 7) is 6.46. The van der Waals surface area contributed by atoms with Gasteiger partial charge in [-0.05, 0) is 24.8 Å². The number of hydrogen-bond donors (Lipinski definition) is 1. The Kier molecular flexibility index (Phi) is 7.62. The van der Waals surface area contributed by atoms with Gasteiger partial charge >= 0.3 is 0 Å². The Labute approximate surface area is 170 Å². The summed E-state index contributed by atoms with van der Waals surface area (Å²) in [7, 11) is 0. The first-order valence-corrected chi connectivity index (χ1v) is 11.0. The predicted octanol–water partition coefficient (Wildman–Crippen LogP) is 4.49. The van der Waals surface area contributed by atoms with Crippen LogP contribution in [0.3, 0.4) is 0 Å². The van der Waals surface area contributed by atoms with Gasteiger partial charge in [0.1, 0.15) is 0 Å². The molecule has 1 amide bonds. The molecule has 2 aromatic heterocycles. The molecule has 150 valence electrons. The largest absolute Gasteiger partial charge is 0.381 e. The van der Waals surface area contributed by atoms with Crippen LogP contribution in [-0.4, -0.2) is 35.1 Å². The minimum atomic E-state index is 0.0378. The van der Waals surface area contributed by atoms with Gasteiger partial charge in [-0.25, -0.2) is 4.98 Å². The van der Waals surface area contributed by atoms with Crippen LogP contribution in [0, 0.1) is 0 Å². The van der Waals surface area contributed by atoms with Crippen LogP contribution in [-0.2, 0) is 22.4 Å². The van der Waals surface area contributed by atoms with E-state index < -0.39 is 0 Å². The van der Waals surface area contributed by atoms with Gasteiger partial charge < -0.3 is 10.1 Å². The van der Waals surface area contributed by atoms with E-state index in [1.165, 1.54) is 5.56 Å². The monoisotopic (exact) mass is 399 g/mol. The molecule has 0 spiro atoms. The number of aryl methyl sites for hydroxylation is 1. The maximum atomic E-state index is 12.3. The predicted molar refractivity (Wildman–Crippen MR) is 115 cm³/mol. The molecule has 0 bridgehead atoms. The SMILES string of the molecule is CCCCOCCCNC(=O)Cc1csc2nc(-c3ccc(CC)cc3)cn12. The van der Waals surface area contributed by atoms with Crippen LogP contribution in [0.2, 0.25) is 0 Å². The lowest BCUT2D eigenvalue weighted by Gasteiger charge is -2.06. The van der Waals surface area contributed by atoms with Crippen molar-refractivity contribution in [3.05, 3.63) is 47.1 Å². The van der Waals surface area contributed by atoms with Gasteiger partial charge in [-0.15, -0.1) is 11.3 Å². The second-order valence-electron chi connectivity index (χ2n) is 6.90. The van der Waals surface area contributed by atoms with Gasteiger partial charge in [0, 0.05) is 42.6 Å². The van der Waals surface area contributed by atoms with E-state index in [4.69, 9.17) is 9.72 Å². The van der Waals surface area contributed by atoms with Crippen LogP contribution >= 0.6 is 11.3 Å². The molecule has 0 unspecified atom stereocenters. The van der Waals surface area contributed by atoms with Gasteiger partial charge in [-0.3, -0.25) is 9.20 Å². The molecule has 5 nitrogen and oxygen atoms in total. The second kappa shape index (κ2) is 10.4. The minimum Gasteiger partial charge on any atom is -0.381 e. The molecule has 28 heavy (non-hydrogen) atoms. The first-order valence-electron chi connectivity index (χ1n) is 10.1. The lowest BCUT2D eigenvalue weighted by atomic mass is 10.1. The number of carbonyl (C=O) groups is 1. The van der Waals surface area contributed by atoms with Crippen molar-refractivity contribution >= 4 is 22.2 Å². The van der Waals surface area contributed by atoms with Gasteiger partial charge in [0.25, 0.3) is 0 Å². The number of benzene rings is 1. The van der Waals surface area contributed by atoms with E-state index in [-0.39, 0.29) is 5.91 Å². The van der Waals surface area contributed by atoms with Crippen molar-refractivity contribution in [1.29, 1.82) is 0 Å². The number of carbonyl (C=O) groups excluding carboxylic acids is 1. The van der Waals surface area contributed by atoms with E-state index in [0.717, 1.165) is 54.2 Å². The van der Waals surface area contributed by atoms with Crippen LogP contribution in [0.25, 0.3) is 16.2 Å². The topological polar surface area (TPSA) is 55.6 Å². The molecule has 0 aliphatic rings. The molecule has 6 heteroatoms. The van der Waals surface area contributed by atoms with E-state index in [2.05, 4.69) is 43.4 Å². The summed E-state index contributed by atoms with van der Waals surface area (Å²) in [5.74, 6) is 0.0378. The molecule has 0 saturated carbocycles. The van der Waals surface area contributed by atoms with E-state index in [1.807, 2.05) is 16.0 Å². The minimum absolute atomic E-state index is 0.0378. The summed E-state index contributed by atoms with van der Waals surface area (Å²) >= 11 is 1.57. The van der Waals surface area contributed by atoms with Crippen molar-refractivity contribution in [2.45, 2.75) is 46.0 Å². The number of fused-ring (bicyclic) bond motifs is 1. The molecule has 0 atom stereocenters. The average molecular weight is 400 g/mol. The van der Waals surface area contributed by atoms with Crippen molar-refractivity contribution in [3.63, 3.8) is 0 Å². The zero-order valence-corrected chi connectivity index (χ0v) is 17.6. The van der Waals surface area contributed by atoms with Crippen LogP contribution in [0.1, 0.15) is 44.4 Å². The van der Waals surface area contributed by atoms with Crippen molar-refractivity contribution in [1.82, 2.24) is 14.7 Å².